The normalized spacial score (nSPS) is 21.5. The van der Waals surface area contributed by atoms with Gasteiger partial charge in [0.2, 0.25) is 17.7 Å². The lowest BCUT2D eigenvalue weighted by atomic mass is 10.0. The third kappa shape index (κ3) is 6.79. The number of nitrogens with two attached hydrogens (primary N) is 2. The molecule has 2 aliphatic heterocycles. The standard InChI is InChI=1S/C25H37N5O5/c26-13-5-4-10-18(27)23(32)30-15-7-12-21(30)24(33)29-14-6-11-20(29)22(31)28-19(25(34)35)16-17-8-2-1-3-9-17/h1-3,8-9,18-21H,4-7,10-16,26-27H2,(H,28,31)(H,34,35). The maximum atomic E-state index is 13.4. The molecule has 10 heteroatoms. The summed E-state index contributed by atoms with van der Waals surface area (Å²) in [5.41, 5.74) is 12.4. The average molecular weight is 488 g/mol. The Kier molecular flexibility index (Phi) is 9.62. The molecule has 1 aromatic rings. The largest absolute Gasteiger partial charge is 0.480 e. The minimum Gasteiger partial charge on any atom is -0.480 e. The molecular formula is C25H37N5O5. The number of amides is 3. The number of rotatable bonds is 11. The molecule has 0 aliphatic carbocycles. The molecule has 192 valence electrons. The van der Waals surface area contributed by atoms with Gasteiger partial charge in [-0.25, -0.2) is 4.79 Å². The minimum absolute atomic E-state index is 0.148. The van der Waals surface area contributed by atoms with E-state index in [0.717, 1.165) is 18.4 Å². The second-order valence-electron chi connectivity index (χ2n) is 9.36. The fourth-order valence-corrected chi connectivity index (χ4v) is 4.94. The van der Waals surface area contributed by atoms with Crippen LogP contribution >= 0.6 is 0 Å². The van der Waals surface area contributed by atoms with Crippen LogP contribution in [-0.4, -0.2) is 82.4 Å². The predicted octanol–water partition coefficient (Wildman–Crippen LogP) is 0.237. The van der Waals surface area contributed by atoms with Crippen LogP contribution in [0.15, 0.2) is 30.3 Å². The van der Waals surface area contributed by atoms with Crippen LogP contribution in [-0.2, 0) is 25.6 Å². The Labute approximate surface area is 206 Å². The van der Waals surface area contributed by atoms with Crippen LogP contribution in [0.2, 0.25) is 0 Å². The van der Waals surface area contributed by atoms with Gasteiger partial charge in [0.05, 0.1) is 6.04 Å². The molecule has 6 N–H and O–H groups in total. The van der Waals surface area contributed by atoms with Crippen LogP contribution in [0.25, 0.3) is 0 Å². The summed E-state index contributed by atoms with van der Waals surface area (Å²) in [6, 6.07) is 5.90. The summed E-state index contributed by atoms with van der Waals surface area (Å²) in [5, 5.41) is 12.3. The second kappa shape index (κ2) is 12.6. The van der Waals surface area contributed by atoms with Crippen molar-refractivity contribution in [3.63, 3.8) is 0 Å². The Hall–Kier alpha value is -2.98. The summed E-state index contributed by atoms with van der Waals surface area (Å²) >= 11 is 0. The van der Waals surface area contributed by atoms with E-state index in [4.69, 9.17) is 11.5 Å². The van der Waals surface area contributed by atoms with Crippen LogP contribution in [0, 0.1) is 0 Å². The molecule has 0 spiro atoms. The number of carboxylic acid groups (broad SMARTS) is 1. The van der Waals surface area contributed by atoms with Gasteiger partial charge in [0.15, 0.2) is 0 Å². The maximum absolute atomic E-state index is 13.4. The molecule has 0 saturated carbocycles. The molecule has 4 unspecified atom stereocenters. The number of hydrogen-bond acceptors (Lipinski definition) is 6. The first-order valence-corrected chi connectivity index (χ1v) is 12.5. The Balaban J connectivity index is 1.64. The molecule has 3 rings (SSSR count). The van der Waals surface area contributed by atoms with Crippen molar-refractivity contribution in [3.05, 3.63) is 35.9 Å². The molecule has 2 fully saturated rings. The molecule has 0 radical (unpaired) electrons. The molecule has 4 atom stereocenters. The summed E-state index contributed by atoms with van der Waals surface area (Å²) in [6.07, 6.45) is 4.51. The van der Waals surface area contributed by atoms with Crippen molar-refractivity contribution in [1.29, 1.82) is 0 Å². The van der Waals surface area contributed by atoms with Crippen molar-refractivity contribution >= 4 is 23.7 Å². The molecule has 2 heterocycles. The fourth-order valence-electron chi connectivity index (χ4n) is 4.94. The molecule has 3 amide bonds. The van der Waals surface area contributed by atoms with E-state index in [1.54, 1.807) is 17.0 Å². The van der Waals surface area contributed by atoms with Crippen LogP contribution in [0.4, 0.5) is 0 Å². The van der Waals surface area contributed by atoms with Crippen LogP contribution in [0.1, 0.15) is 50.5 Å². The van der Waals surface area contributed by atoms with Crippen molar-refractivity contribution in [2.45, 2.75) is 75.5 Å². The summed E-state index contributed by atoms with van der Waals surface area (Å²) in [5.74, 6) is -2.12. The third-order valence-electron chi connectivity index (χ3n) is 6.84. The molecule has 2 saturated heterocycles. The van der Waals surface area contributed by atoms with Crippen molar-refractivity contribution in [1.82, 2.24) is 15.1 Å². The smallest absolute Gasteiger partial charge is 0.326 e. The van der Waals surface area contributed by atoms with Gasteiger partial charge in [0, 0.05) is 19.5 Å². The van der Waals surface area contributed by atoms with Gasteiger partial charge >= 0.3 is 5.97 Å². The number of likely N-dealkylation sites (tertiary alicyclic amines) is 2. The molecule has 0 aromatic heterocycles. The number of hydrogen-bond donors (Lipinski definition) is 4. The number of unbranched alkanes of at least 4 members (excludes halogenated alkanes) is 1. The lowest BCUT2D eigenvalue weighted by Crippen LogP contribution is -2.56. The zero-order chi connectivity index (χ0) is 25.4. The highest BCUT2D eigenvalue weighted by Gasteiger charge is 2.43. The van der Waals surface area contributed by atoms with Crippen molar-refractivity contribution in [2.75, 3.05) is 19.6 Å². The number of aliphatic carboxylic acids is 1. The van der Waals surface area contributed by atoms with E-state index in [9.17, 15) is 24.3 Å². The van der Waals surface area contributed by atoms with Gasteiger partial charge in [-0.2, -0.15) is 0 Å². The van der Waals surface area contributed by atoms with Gasteiger partial charge < -0.3 is 31.7 Å². The van der Waals surface area contributed by atoms with E-state index in [0.29, 0.717) is 51.7 Å². The van der Waals surface area contributed by atoms with Gasteiger partial charge in [-0.1, -0.05) is 36.8 Å². The highest BCUT2D eigenvalue weighted by molar-refractivity contribution is 5.94. The number of carboxylic acids is 1. The van der Waals surface area contributed by atoms with E-state index in [2.05, 4.69) is 5.32 Å². The number of carbonyl (C=O) groups excluding carboxylic acids is 3. The first-order valence-electron chi connectivity index (χ1n) is 12.5. The van der Waals surface area contributed by atoms with Crippen molar-refractivity contribution < 1.29 is 24.3 Å². The Bertz CT molecular complexity index is 895. The quantitative estimate of drug-likeness (QED) is 0.325. The van der Waals surface area contributed by atoms with Crippen molar-refractivity contribution in [2.24, 2.45) is 11.5 Å². The highest BCUT2D eigenvalue weighted by Crippen LogP contribution is 2.26. The maximum Gasteiger partial charge on any atom is 0.326 e. The highest BCUT2D eigenvalue weighted by atomic mass is 16.4. The Morgan fingerprint density at radius 3 is 2.31 bits per heavy atom. The predicted molar refractivity (Wildman–Crippen MR) is 130 cm³/mol. The minimum atomic E-state index is -1.13. The van der Waals surface area contributed by atoms with E-state index in [-0.39, 0.29) is 18.2 Å². The van der Waals surface area contributed by atoms with Crippen LogP contribution in [0.5, 0.6) is 0 Å². The van der Waals surface area contributed by atoms with Crippen molar-refractivity contribution in [3.8, 4) is 0 Å². The summed E-state index contributed by atoms with van der Waals surface area (Å²) in [6.45, 7) is 1.40. The lowest BCUT2D eigenvalue weighted by Gasteiger charge is -2.32. The molecule has 10 nitrogen and oxygen atoms in total. The van der Waals surface area contributed by atoms with Crippen LogP contribution in [0.3, 0.4) is 0 Å². The van der Waals surface area contributed by atoms with Gasteiger partial charge in [0.1, 0.15) is 18.1 Å². The Morgan fingerprint density at radius 2 is 1.66 bits per heavy atom. The zero-order valence-electron chi connectivity index (χ0n) is 20.1. The number of benzene rings is 1. The second-order valence-corrected chi connectivity index (χ2v) is 9.36. The van der Waals surface area contributed by atoms with Gasteiger partial charge in [0.25, 0.3) is 0 Å². The zero-order valence-corrected chi connectivity index (χ0v) is 20.1. The molecule has 2 aliphatic rings. The number of carbonyl (C=O) groups is 4. The number of nitrogens with one attached hydrogen (secondary N) is 1. The first kappa shape index (κ1) is 26.6. The molecular weight excluding hydrogens is 450 g/mol. The van der Waals surface area contributed by atoms with Gasteiger partial charge in [-0.3, -0.25) is 14.4 Å². The Morgan fingerprint density at radius 1 is 1.00 bits per heavy atom. The van der Waals surface area contributed by atoms with E-state index in [1.807, 2.05) is 18.2 Å². The lowest BCUT2D eigenvalue weighted by molar-refractivity contribution is -0.148. The SMILES string of the molecule is NCCCCC(N)C(=O)N1CCCC1C(=O)N1CCCC1C(=O)NC(Cc1ccccc1)C(=O)O. The summed E-state index contributed by atoms with van der Waals surface area (Å²) < 4.78 is 0. The monoisotopic (exact) mass is 487 g/mol. The molecule has 1 aromatic carbocycles. The fraction of sp³-hybridized carbons (Fsp3) is 0.600. The van der Waals surface area contributed by atoms with E-state index < -0.39 is 36.0 Å². The molecule has 0 bridgehead atoms. The topological polar surface area (TPSA) is 159 Å². The summed E-state index contributed by atoms with van der Waals surface area (Å²) in [4.78, 5) is 54.3. The summed E-state index contributed by atoms with van der Waals surface area (Å²) in [7, 11) is 0. The van der Waals surface area contributed by atoms with Crippen LogP contribution < -0.4 is 16.8 Å². The van der Waals surface area contributed by atoms with Gasteiger partial charge in [-0.15, -0.1) is 0 Å². The first-order chi connectivity index (χ1) is 16.8. The number of nitrogens with zero attached hydrogens (tertiary/aromatic N) is 2. The van der Waals surface area contributed by atoms with E-state index in [1.165, 1.54) is 4.90 Å². The third-order valence-corrected chi connectivity index (χ3v) is 6.84. The van der Waals surface area contributed by atoms with E-state index >= 15 is 0 Å². The van der Waals surface area contributed by atoms with Gasteiger partial charge in [-0.05, 0) is 50.6 Å². The molecule has 35 heavy (non-hydrogen) atoms. The average Bonchev–Trinajstić information content (AvgIpc) is 3.53.